The van der Waals surface area contributed by atoms with E-state index in [0.717, 1.165) is 11.3 Å². The minimum absolute atomic E-state index is 0.142. The fourth-order valence-electron chi connectivity index (χ4n) is 3.84. The van der Waals surface area contributed by atoms with E-state index in [9.17, 15) is 14.4 Å². The Morgan fingerprint density at radius 1 is 0.935 bits per heavy atom. The van der Waals surface area contributed by atoms with Crippen LogP contribution in [-0.2, 0) is 11.2 Å². The van der Waals surface area contributed by atoms with Gasteiger partial charge in [0.25, 0.3) is 11.8 Å². The molecule has 158 valence electrons. The standard InChI is InChI=1S/C24H21NO6/c1-3-12-31-22-17-7-5-4-6-16(17)21(30-2)19-20(22)24(29)25(23(19)28)15-10-8-14(9-11-15)13-18(26)27/h4-11H,3,12-13H2,1-2H3,(H,26,27). The van der Waals surface area contributed by atoms with Crippen LogP contribution in [-0.4, -0.2) is 36.6 Å². The summed E-state index contributed by atoms with van der Waals surface area (Å²) in [6, 6.07) is 13.7. The van der Waals surface area contributed by atoms with Crippen LogP contribution in [0.5, 0.6) is 11.5 Å². The number of benzene rings is 3. The van der Waals surface area contributed by atoms with Crippen LogP contribution in [0.1, 0.15) is 39.6 Å². The van der Waals surface area contributed by atoms with Gasteiger partial charge in [-0.05, 0) is 24.1 Å². The second kappa shape index (κ2) is 8.10. The van der Waals surface area contributed by atoms with Crippen molar-refractivity contribution in [1.29, 1.82) is 0 Å². The van der Waals surface area contributed by atoms with Crippen molar-refractivity contribution in [2.24, 2.45) is 0 Å². The number of ether oxygens (including phenoxy) is 2. The van der Waals surface area contributed by atoms with Gasteiger partial charge in [-0.15, -0.1) is 0 Å². The van der Waals surface area contributed by atoms with Crippen LogP contribution in [0.15, 0.2) is 48.5 Å². The van der Waals surface area contributed by atoms with Gasteiger partial charge in [0.1, 0.15) is 11.5 Å². The summed E-state index contributed by atoms with van der Waals surface area (Å²) in [7, 11) is 1.47. The highest BCUT2D eigenvalue weighted by Crippen LogP contribution is 2.45. The maximum Gasteiger partial charge on any atom is 0.307 e. The van der Waals surface area contributed by atoms with E-state index >= 15 is 0 Å². The Hall–Kier alpha value is -3.87. The van der Waals surface area contributed by atoms with Crippen molar-refractivity contribution in [3.8, 4) is 11.5 Å². The molecule has 0 atom stereocenters. The summed E-state index contributed by atoms with van der Waals surface area (Å²) in [6.07, 6.45) is 0.600. The smallest absolute Gasteiger partial charge is 0.307 e. The minimum Gasteiger partial charge on any atom is -0.495 e. The molecule has 7 nitrogen and oxygen atoms in total. The van der Waals surface area contributed by atoms with Gasteiger partial charge in [-0.3, -0.25) is 14.4 Å². The number of hydrogen-bond acceptors (Lipinski definition) is 5. The molecule has 0 saturated heterocycles. The van der Waals surface area contributed by atoms with E-state index in [1.165, 1.54) is 7.11 Å². The van der Waals surface area contributed by atoms with Crippen LogP contribution in [0.4, 0.5) is 5.69 Å². The van der Waals surface area contributed by atoms with Crippen LogP contribution < -0.4 is 14.4 Å². The third-order valence-electron chi connectivity index (χ3n) is 5.16. The zero-order valence-corrected chi connectivity index (χ0v) is 17.2. The molecule has 1 aliphatic heterocycles. The lowest BCUT2D eigenvalue weighted by Gasteiger charge is -2.15. The molecule has 1 heterocycles. The number of carboxylic acid groups (broad SMARTS) is 1. The van der Waals surface area contributed by atoms with Crippen molar-refractivity contribution in [2.75, 3.05) is 18.6 Å². The molecule has 0 bridgehead atoms. The van der Waals surface area contributed by atoms with Crippen molar-refractivity contribution < 1.29 is 29.0 Å². The summed E-state index contributed by atoms with van der Waals surface area (Å²) in [5.74, 6) is -1.26. The number of methoxy groups -OCH3 is 1. The normalized spacial score (nSPS) is 12.9. The van der Waals surface area contributed by atoms with Gasteiger partial charge in [0.05, 0.1) is 37.0 Å². The highest BCUT2D eigenvalue weighted by molar-refractivity contribution is 6.38. The first kappa shape index (κ1) is 20.4. The molecule has 1 N–H and O–H groups in total. The first-order valence-corrected chi connectivity index (χ1v) is 9.92. The maximum atomic E-state index is 13.4. The van der Waals surface area contributed by atoms with Crippen LogP contribution in [0.25, 0.3) is 10.8 Å². The van der Waals surface area contributed by atoms with Crippen molar-refractivity contribution >= 4 is 34.2 Å². The molecule has 3 aromatic rings. The molecular weight excluding hydrogens is 398 g/mol. The SMILES string of the molecule is CCCOc1c2c(c(OC)c3ccccc13)C(=O)N(c1ccc(CC(=O)O)cc1)C2=O. The number of fused-ring (bicyclic) bond motifs is 2. The van der Waals surface area contributed by atoms with E-state index < -0.39 is 17.8 Å². The number of carbonyl (C=O) groups excluding carboxylic acids is 2. The van der Waals surface area contributed by atoms with Crippen molar-refractivity contribution in [3.63, 3.8) is 0 Å². The molecule has 3 aromatic carbocycles. The van der Waals surface area contributed by atoms with Crippen molar-refractivity contribution in [2.45, 2.75) is 19.8 Å². The summed E-state index contributed by atoms with van der Waals surface area (Å²) < 4.78 is 11.5. The van der Waals surface area contributed by atoms with Crippen LogP contribution in [0, 0.1) is 0 Å². The van der Waals surface area contributed by atoms with E-state index in [-0.39, 0.29) is 17.5 Å². The number of nitrogens with zero attached hydrogens (tertiary/aromatic N) is 1. The topological polar surface area (TPSA) is 93.1 Å². The lowest BCUT2D eigenvalue weighted by Crippen LogP contribution is -2.29. The van der Waals surface area contributed by atoms with Gasteiger partial charge in [0, 0.05) is 10.8 Å². The van der Waals surface area contributed by atoms with E-state index in [4.69, 9.17) is 14.6 Å². The number of aliphatic carboxylic acids is 1. The summed E-state index contributed by atoms with van der Waals surface area (Å²) in [5, 5.41) is 10.3. The Balaban J connectivity index is 1.88. The predicted molar refractivity (Wildman–Crippen MR) is 115 cm³/mol. The minimum atomic E-state index is -0.956. The van der Waals surface area contributed by atoms with Crippen molar-refractivity contribution in [3.05, 3.63) is 65.2 Å². The molecule has 0 radical (unpaired) electrons. The zero-order valence-electron chi connectivity index (χ0n) is 17.2. The molecule has 0 aliphatic carbocycles. The van der Waals surface area contributed by atoms with Crippen LogP contribution in [0.2, 0.25) is 0 Å². The van der Waals surface area contributed by atoms with Gasteiger partial charge in [0.15, 0.2) is 0 Å². The third kappa shape index (κ3) is 3.38. The lowest BCUT2D eigenvalue weighted by molar-refractivity contribution is -0.136. The highest BCUT2D eigenvalue weighted by atomic mass is 16.5. The van der Waals surface area contributed by atoms with Gasteiger partial charge >= 0.3 is 5.97 Å². The van der Waals surface area contributed by atoms with Crippen LogP contribution in [0.3, 0.4) is 0 Å². The van der Waals surface area contributed by atoms with E-state index in [1.807, 2.05) is 31.2 Å². The Bertz CT molecular complexity index is 1200. The molecule has 0 saturated carbocycles. The Labute approximate surface area is 178 Å². The Morgan fingerprint density at radius 3 is 2.06 bits per heavy atom. The number of carbonyl (C=O) groups is 3. The zero-order chi connectivity index (χ0) is 22.1. The summed E-state index contributed by atoms with van der Waals surface area (Å²) in [5.41, 5.74) is 1.28. The number of rotatable bonds is 7. The van der Waals surface area contributed by atoms with Crippen molar-refractivity contribution in [1.82, 2.24) is 0 Å². The first-order valence-electron chi connectivity index (χ1n) is 9.92. The average Bonchev–Trinajstić information content (AvgIpc) is 3.02. The maximum absolute atomic E-state index is 13.4. The largest absolute Gasteiger partial charge is 0.495 e. The van der Waals surface area contributed by atoms with E-state index in [0.29, 0.717) is 40.1 Å². The van der Waals surface area contributed by atoms with Gasteiger partial charge in [-0.1, -0.05) is 43.3 Å². The molecule has 7 heteroatoms. The van der Waals surface area contributed by atoms with Gasteiger partial charge in [-0.2, -0.15) is 0 Å². The number of anilines is 1. The number of carboxylic acids is 1. The van der Waals surface area contributed by atoms with Crippen LogP contribution >= 0.6 is 0 Å². The summed E-state index contributed by atoms with van der Waals surface area (Å²) >= 11 is 0. The molecule has 0 fully saturated rings. The fourth-order valence-corrected chi connectivity index (χ4v) is 3.84. The molecule has 31 heavy (non-hydrogen) atoms. The molecule has 4 rings (SSSR count). The van der Waals surface area contributed by atoms with Gasteiger partial charge < -0.3 is 14.6 Å². The fraction of sp³-hybridized carbons (Fsp3) is 0.208. The quantitative estimate of drug-likeness (QED) is 0.581. The molecule has 0 aromatic heterocycles. The lowest BCUT2D eigenvalue weighted by atomic mass is 9.99. The average molecular weight is 419 g/mol. The first-order chi connectivity index (χ1) is 15.0. The molecule has 2 amide bonds. The number of imide groups is 1. The van der Waals surface area contributed by atoms with E-state index in [1.54, 1.807) is 24.3 Å². The second-order valence-electron chi connectivity index (χ2n) is 7.19. The molecule has 0 spiro atoms. The molecule has 0 unspecified atom stereocenters. The molecular formula is C24H21NO6. The summed E-state index contributed by atoms with van der Waals surface area (Å²) in [6.45, 7) is 2.36. The number of amides is 2. The second-order valence-corrected chi connectivity index (χ2v) is 7.19. The number of hydrogen-bond donors (Lipinski definition) is 1. The molecule has 1 aliphatic rings. The van der Waals surface area contributed by atoms with Gasteiger partial charge in [0.2, 0.25) is 0 Å². The third-order valence-corrected chi connectivity index (χ3v) is 5.16. The Kier molecular flexibility index (Phi) is 5.33. The summed E-state index contributed by atoms with van der Waals surface area (Å²) in [4.78, 5) is 38.8. The highest BCUT2D eigenvalue weighted by Gasteiger charge is 2.43. The Morgan fingerprint density at radius 2 is 1.52 bits per heavy atom. The predicted octanol–water partition coefficient (Wildman–Crippen LogP) is 4.06. The van der Waals surface area contributed by atoms with E-state index in [2.05, 4.69) is 0 Å². The van der Waals surface area contributed by atoms with Gasteiger partial charge in [-0.25, -0.2) is 4.90 Å². The monoisotopic (exact) mass is 419 g/mol.